The minimum atomic E-state index is -4.02. The standard InChI is InChI=1S/C30H38N4O8S3/c35-28(32-42-29-6-2-5-18-40-29)20-30(13-16-34(17-19-44(30,36)37)45(38,39)33-14-3-1-4-15-33)27-12-11-26(43-27)24-9-7-23(8-10-24)25-21-31-22-41-25/h7-12,21-22,29H,1-6,13-20H2,(H,32,35). The maximum Gasteiger partial charge on any atom is 0.282 e. The molecule has 3 aliphatic rings. The summed E-state index contributed by atoms with van der Waals surface area (Å²) < 4.78 is 67.7. The van der Waals surface area contributed by atoms with Gasteiger partial charge < -0.3 is 9.15 Å². The van der Waals surface area contributed by atoms with Gasteiger partial charge in [0.15, 0.2) is 28.3 Å². The molecule has 12 nitrogen and oxygen atoms in total. The number of oxazole rings is 1. The maximum absolute atomic E-state index is 14.2. The summed E-state index contributed by atoms with van der Waals surface area (Å²) >= 11 is 1.29. The zero-order chi connectivity index (χ0) is 31.5. The van der Waals surface area contributed by atoms with E-state index in [0.717, 1.165) is 48.1 Å². The molecule has 3 fully saturated rings. The van der Waals surface area contributed by atoms with E-state index in [2.05, 4.69) is 10.5 Å². The number of carbonyl (C=O) groups excluding carboxylic acids is 1. The van der Waals surface area contributed by atoms with Crippen LogP contribution in [0.5, 0.6) is 0 Å². The van der Waals surface area contributed by atoms with Gasteiger partial charge in [0.2, 0.25) is 5.91 Å². The van der Waals surface area contributed by atoms with Crippen LogP contribution >= 0.6 is 11.3 Å². The van der Waals surface area contributed by atoms with Crippen molar-refractivity contribution in [2.45, 2.75) is 62.4 Å². The van der Waals surface area contributed by atoms with E-state index in [1.807, 2.05) is 30.3 Å². The summed E-state index contributed by atoms with van der Waals surface area (Å²) in [7, 11) is -7.88. The lowest BCUT2D eigenvalue weighted by atomic mass is 9.97. The Morgan fingerprint density at radius 1 is 1.00 bits per heavy atom. The predicted molar refractivity (Wildman–Crippen MR) is 169 cm³/mol. The molecule has 1 amide bonds. The number of amides is 1. The van der Waals surface area contributed by atoms with Crippen LogP contribution < -0.4 is 5.48 Å². The van der Waals surface area contributed by atoms with Gasteiger partial charge in [0, 0.05) is 54.5 Å². The van der Waals surface area contributed by atoms with Gasteiger partial charge in [-0.15, -0.1) is 11.3 Å². The second-order valence-electron chi connectivity index (χ2n) is 11.7. The number of aromatic nitrogens is 1. The summed E-state index contributed by atoms with van der Waals surface area (Å²) in [5.41, 5.74) is 4.14. The number of hydroxylamine groups is 1. The number of nitrogens with zero attached hydrogens (tertiary/aromatic N) is 3. The van der Waals surface area contributed by atoms with Crippen molar-refractivity contribution in [2.24, 2.45) is 0 Å². The molecular weight excluding hydrogens is 641 g/mol. The highest BCUT2D eigenvalue weighted by Crippen LogP contribution is 2.45. The molecule has 15 heteroatoms. The first kappa shape index (κ1) is 32.3. The molecular formula is C30H38N4O8S3. The summed E-state index contributed by atoms with van der Waals surface area (Å²) in [5, 5.41) is 0. The van der Waals surface area contributed by atoms with Crippen LogP contribution in [0.1, 0.15) is 56.2 Å². The van der Waals surface area contributed by atoms with Gasteiger partial charge in [-0.2, -0.15) is 17.0 Å². The van der Waals surface area contributed by atoms with Gasteiger partial charge in [-0.05, 0) is 49.8 Å². The zero-order valence-corrected chi connectivity index (χ0v) is 27.4. The van der Waals surface area contributed by atoms with E-state index in [0.29, 0.717) is 36.8 Å². The van der Waals surface area contributed by atoms with E-state index in [1.165, 1.54) is 26.3 Å². The van der Waals surface area contributed by atoms with Gasteiger partial charge in [0.1, 0.15) is 4.75 Å². The number of benzene rings is 1. The van der Waals surface area contributed by atoms with Gasteiger partial charge in [0.25, 0.3) is 10.2 Å². The fraction of sp³-hybridized carbons (Fsp3) is 0.533. The first-order valence-electron chi connectivity index (χ1n) is 15.3. The fourth-order valence-corrected chi connectivity index (χ4v) is 11.6. The minimum absolute atomic E-state index is 0.0307. The van der Waals surface area contributed by atoms with Crippen molar-refractivity contribution in [3.05, 3.63) is 53.9 Å². The molecule has 0 radical (unpaired) electrons. The van der Waals surface area contributed by atoms with Crippen molar-refractivity contribution in [1.82, 2.24) is 19.1 Å². The lowest BCUT2D eigenvalue weighted by Crippen LogP contribution is -2.47. The van der Waals surface area contributed by atoms with E-state index in [1.54, 1.807) is 12.3 Å². The normalized spacial score (nSPS) is 25.0. The Balaban J connectivity index is 1.29. The number of sulfone groups is 1. The van der Waals surface area contributed by atoms with Crippen molar-refractivity contribution in [3.8, 4) is 21.8 Å². The number of thiophene rings is 1. The second-order valence-corrected chi connectivity index (χ2v) is 17.1. The third-order valence-electron chi connectivity index (χ3n) is 8.77. The van der Waals surface area contributed by atoms with Crippen LogP contribution in [0.25, 0.3) is 21.8 Å². The molecule has 0 bridgehead atoms. The number of rotatable bonds is 9. The van der Waals surface area contributed by atoms with Gasteiger partial charge in [-0.1, -0.05) is 30.7 Å². The molecule has 0 saturated carbocycles. The second kappa shape index (κ2) is 13.6. The van der Waals surface area contributed by atoms with Crippen LogP contribution in [0.2, 0.25) is 0 Å². The summed E-state index contributed by atoms with van der Waals surface area (Å²) in [5.74, 6) is -0.377. The Hall–Kier alpha value is -2.66. The Morgan fingerprint density at radius 3 is 2.47 bits per heavy atom. The van der Waals surface area contributed by atoms with Crippen LogP contribution in [0.4, 0.5) is 0 Å². The molecule has 5 heterocycles. The van der Waals surface area contributed by atoms with E-state index >= 15 is 0 Å². The van der Waals surface area contributed by atoms with Crippen LogP contribution in [0.3, 0.4) is 0 Å². The summed E-state index contributed by atoms with van der Waals surface area (Å²) in [4.78, 5) is 24.1. The van der Waals surface area contributed by atoms with Crippen molar-refractivity contribution < 1.29 is 35.6 Å². The lowest BCUT2D eigenvalue weighted by molar-refractivity contribution is -0.200. The first-order valence-corrected chi connectivity index (χ1v) is 19.2. The topological polar surface area (TPSA) is 148 Å². The Bertz CT molecular complexity index is 1660. The lowest BCUT2D eigenvalue weighted by Gasteiger charge is -2.32. The number of carbonyl (C=O) groups is 1. The number of hydrogen-bond donors (Lipinski definition) is 1. The molecule has 1 N–H and O–H groups in total. The van der Waals surface area contributed by atoms with Crippen LogP contribution in [0.15, 0.2) is 53.4 Å². The minimum Gasteiger partial charge on any atom is -0.444 e. The molecule has 2 unspecified atom stereocenters. The van der Waals surface area contributed by atoms with E-state index in [9.17, 15) is 21.6 Å². The Labute approximate surface area is 267 Å². The van der Waals surface area contributed by atoms with E-state index in [4.69, 9.17) is 14.0 Å². The van der Waals surface area contributed by atoms with E-state index in [-0.39, 0.29) is 19.5 Å². The molecule has 6 rings (SSSR count). The molecule has 2 aromatic heterocycles. The quantitative estimate of drug-likeness (QED) is 0.331. The Morgan fingerprint density at radius 2 is 1.76 bits per heavy atom. The molecule has 3 aromatic rings. The first-order chi connectivity index (χ1) is 21.7. The van der Waals surface area contributed by atoms with Gasteiger partial charge in [-0.25, -0.2) is 23.7 Å². The van der Waals surface area contributed by atoms with Gasteiger partial charge >= 0.3 is 0 Å². The average molecular weight is 679 g/mol. The number of nitrogens with one attached hydrogen (secondary N) is 1. The monoisotopic (exact) mass is 678 g/mol. The van der Waals surface area contributed by atoms with Crippen molar-refractivity contribution in [3.63, 3.8) is 0 Å². The van der Waals surface area contributed by atoms with Crippen molar-refractivity contribution >= 4 is 37.3 Å². The Kier molecular flexibility index (Phi) is 9.76. The van der Waals surface area contributed by atoms with Gasteiger partial charge in [-0.3, -0.25) is 4.79 Å². The third kappa shape index (κ3) is 6.89. The van der Waals surface area contributed by atoms with Crippen LogP contribution in [0, 0.1) is 0 Å². The fourth-order valence-electron chi connectivity index (χ4n) is 6.17. The molecule has 3 aliphatic heterocycles. The molecule has 2 atom stereocenters. The number of piperidine rings is 1. The summed E-state index contributed by atoms with van der Waals surface area (Å²) in [6, 6.07) is 11.2. The maximum atomic E-state index is 14.2. The number of hydrogen-bond acceptors (Lipinski definition) is 10. The van der Waals surface area contributed by atoms with Crippen molar-refractivity contribution in [1.29, 1.82) is 0 Å². The molecule has 0 spiro atoms. The highest BCUT2D eigenvalue weighted by Gasteiger charge is 2.51. The smallest absolute Gasteiger partial charge is 0.282 e. The van der Waals surface area contributed by atoms with E-state index < -0.39 is 49.2 Å². The molecule has 0 aliphatic carbocycles. The molecule has 244 valence electrons. The average Bonchev–Trinajstić information content (AvgIpc) is 3.76. The van der Waals surface area contributed by atoms with Crippen LogP contribution in [-0.4, -0.2) is 81.2 Å². The molecule has 1 aromatic carbocycles. The van der Waals surface area contributed by atoms with Gasteiger partial charge in [0.05, 0.1) is 18.4 Å². The third-order valence-corrected chi connectivity index (χ3v) is 14.7. The highest BCUT2D eigenvalue weighted by molar-refractivity contribution is 7.92. The SMILES string of the molecule is O=C(CC1(c2ccc(-c3ccc(-c4cnco4)cc3)s2)CCN(S(=O)(=O)N2CCCCC2)CCS1(=O)=O)NOC1CCCCO1. The van der Waals surface area contributed by atoms with Crippen molar-refractivity contribution in [2.75, 3.05) is 38.5 Å². The molecule has 3 saturated heterocycles. The predicted octanol–water partition coefficient (Wildman–Crippen LogP) is 4.08. The zero-order valence-electron chi connectivity index (χ0n) is 24.9. The largest absolute Gasteiger partial charge is 0.444 e. The molecule has 45 heavy (non-hydrogen) atoms. The van der Waals surface area contributed by atoms with Crippen LogP contribution in [-0.2, 0) is 39.2 Å². The summed E-state index contributed by atoms with van der Waals surface area (Å²) in [6.07, 6.45) is 6.87. The summed E-state index contributed by atoms with van der Waals surface area (Å²) in [6.45, 7) is 1.17. The highest BCUT2D eigenvalue weighted by atomic mass is 32.2. The number of ether oxygens (including phenoxy) is 1.